The topological polar surface area (TPSA) is 12.0 Å². The van der Waals surface area contributed by atoms with E-state index in [1.165, 1.54) is 0 Å². The number of alkyl halides is 3. The Bertz CT molecular complexity index is 219. The molecule has 3 unspecified atom stereocenters. The summed E-state index contributed by atoms with van der Waals surface area (Å²) in [4.78, 5) is 0. The van der Waals surface area contributed by atoms with E-state index in [4.69, 9.17) is 0 Å². The van der Waals surface area contributed by atoms with Gasteiger partial charge in [-0.05, 0) is 38.0 Å². The molecule has 1 N–H and O–H groups in total. The van der Waals surface area contributed by atoms with Crippen LogP contribution in [0.3, 0.4) is 0 Å². The number of rotatable bonds is 0. The van der Waals surface area contributed by atoms with E-state index in [-0.39, 0.29) is 5.25 Å². The Labute approximate surface area is 92.2 Å². The lowest BCUT2D eigenvalue weighted by Crippen LogP contribution is -2.44. The van der Waals surface area contributed by atoms with E-state index in [1.54, 1.807) is 11.8 Å². The molecule has 0 spiro atoms. The molecule has 2 aliphatic rings. The Hall–Kier alpha value is 0.100. The lowest BCUT2D eigenvalue weighted by atomic mass is 9.85. The van der Waals surface area contributed by atoms with E-state index in [2.05, 4.69) is 5.32 Å². The van der Waals surface area contributed by atoms with Gasteiger partial charge in [0.15, 0.2) is 0 Å². The SMILES string of the molecule is FC(F)(F)C1CCC2NCCCSC2C1. The van der Waals surface area contributed by atoms with Crippen molar-refractivity contribution in [3.05, 3.63) is 0 Å². The number of hydrogen-bond donors (Lipinski definition) is 1. The van der Waals surface area contributed by atoms with Gasteiger partial charge in [0, 0.05) is 11.3 Å². The Morgan fingerprint density at radius 3 is 2.73 bits per heavy atom. The van der Waals surface area contributed by atoms with Crippen molar-refractivity contribution in [1.29, 1.82) is 0 Å². The number of thioether (sulfide) groups is 1. The third kappa shape index (κ3) is 2.81. The number of halogens is 3. The number of nitrogens with one attached hydrogen (secondary N) is 1. The first-order valence-electron chi connectivity index (χ1n) is 5.49. The molecular formula is C10H16F3NS. The molecule has 0 bridgehead atoms. The lowest BCUT2D eigenvalue weighted by Gasteiger charge is -2.35. The van der Waals surface area contributed by atoms with E-state index in [0.717, 1.165) is 18.7 Å². The molecule has 0 aromatic heterocycles. The van der Waals surface area contributed by atoms with E-state index in [0.29, 0.717) is 25.3 Å². The van der Waals surface area contributed by atoms with Crippen LogP contribution in [0.5, 0.6) is 0 Å². The maximum atomic E-state index is 12.6. The fourth-order valence-corrected chi connectivity index (χ4v) is 3.89. The van der Waals surface area contributed by atoms with Crippen LogP contribution in [0.25, 0.3) is 0 Å². The van der Waals surface area contributed by atoms with E-state index in [9.17, 15) is 13.2 Å². The van der Waals surface area contributed by atoms with Gasteiger partial charge in [-0.2, -0.15) is 24.9 Å². The van der Waals surface area contributed by atoms with Gasteiger partial charge < -0.3 is 5.32 Å². The van der Waals surface area contributed by atoms with Gasteiger partial charge >= 0.3 is 6.18 Å². The Morgan fingerprint density at radius 2 is 2.00 bits per heavy atom. The zero-order chi connectivity index (χ0) is 10.9. The Kier molecular flexibility index (Phi) is 3.50. The third-order valence-electron chi connectivity index (χ3n) is 3.31. The molecule has 0 aromatic rings. The summed E-state index contributed by atoms with van der Waals surface area (Å²) in [5, 5.41) is 3.54. The summed E-state index contributed by atoms with van der Waals surface area (Å²) < 4.78 is 37.7. The van der Waals surface area contributed by atoms with Crippen molar-refractivity contribution in [3.8, 4) is 0 Å². The van der Waals surface area contributed by atoms with Crippen molar-refractivity contribution < 1.29 is 13.2 Å². The highest BCUT2D eigenvalue weighted by atomic mass is 32.2. The molecule has 3 atom stereocenters. The maximum Gasteiger partial charge on any atom is 0.391 e. The molecule has 15 heavy (non-hydrogen) atoms. The van der Waals surface area contributed by atoms with Crippen molar-refractivity contribution in [2.75, 3.05) is 12.3 Å². The van der Waals surface area contributed by atoms with Crippen LogP contribution in [-0.2, 0) is 0 Å². The molecule has 1 saturated heterocycles. The smallest absolute Gasteiger partial charge is 0.313 e. The molecule has 1 aliphatic carbocycles. The fraction of sp³-hybridized carbons (Fsp3) is 1.00. The minimum atomic E-state index is -3.99. The molecule has 88 valence electrons. The summed E-state index contributed by atoms with van der Waals surface area (Å²) in [6.45, 7) is 0.963. The molecule has 1 heterocycles. The Balaban J connectivity index is 1.97. The van der Waals surface area contributed by atoms with Crippen LogP contribution in [0.1, 0.15) is 25.7 Å². The molecule has 0 aromatic carbocycles. The first-order chi connectivity index (χ1) is 7.07. The molecule has 2 rings (SSSR count). The summed E-state index contributed by atoms with van der Waals surface area (Å²) in [5.74, 6) is -0.0650. The first kappa shape index (κ1) is 11.6. The molecule has 0 radical (unpaired) electrons. The molecule has 1 saturated carbocycles. The van der Waals surface area contributed by atoms with Gasteiger partial charge in [-0.1, -0.05) is 0 Å². The molecule has 1 aliphatic heterocycles. The second-order valence-corrected chi connectivity index (χ2v) is 5.72. The van der Waals surface area contributed by atoms with Crippen molar-refractivity contribution in [2.45, 2.75) is 43.2 Å². The van der Waals surface area contributed by atoms with Crippen molar-refractivity contribution in [3.63, 3.8) is 0 Å². The minimum absolute atomic E-state index is 0.174. The summed E-state index contributed by atoms with van der Waals surface area (Å²) in [5.41, 5.74) is 0. The van der Waals surface area contributed by atoms with Crippen molar-refractivity contribution in [1.82, 2.24) is 5.32 Å². The highest BCUT2D eigenvalue weighted by Gasteiger charge is 2.45. The molecule has 1 nitrogen and oxygen atoms in total. The van der Waals surface area contributed by atoms with Gasteiger partial charge in [0.1, 0.15) is 0 Å². The van der Waals surface area contributed by atoms with Crippen LogP contribution in [-0.4, -0.2) is 29.8 Å². The predicted octanol–water partition coefficient (Wildman–Crippen LogP) is 2.81. The maximum absolute atomic E-state index is 12.6. The first-order valence-corrected chi connectivity index (χ1v) is 6.54. The van der Waals surface area contributed by atoms with E-state index >= 15 is 0 Å². The summed E-state index contributed by atoms with van der Waals surface area (Å²) in [6.07, 6.45) is -1.61. The largest absolute Gasteiger partial charge is 0.391 e. The predicted molar refractivity (Wildman–Crippen MR) is 56.0 cm³/mol. The lowest BCUT2D eigenvalue weighted by molar-refractivity contribution is -0.182. The summed E-state index contributed by atoms with van der Waals surface area (Å²) in [7, 11) is 0. The quantitative estimate of drug-likeness (QED) is 0.697. The van der Waals surface area contributed by atoms with E-state index in [1.807, 2.05) is 0 Å². The zero-order valence-corrected chi connectivity index (χ0v) is 9.33. The minimum Gasteiger partial charge on any atom is -0.313 e. The normalized spacial score (nSPS) is 38.2. The van der Waals surface area contributed by atoms with Crippen LogP contribution in [0.15, 0.2) is 0 Å². The second-order valence-electron chi connectivity index (χ2n) is 4.38. The van der Waals surface area contributed by atoms with Gasteiger partial charge in [0.25, 0.3) is 0 Å². The van der Waals surface area contributed by atoms with Gasteiger partial charge in [-0.3, -0.25) is 0 Å². The number of fused-ring (bicyclic) bond motifs is 1. The van der Waals surface area contributed by atoms with Crippen LogP contribution in [0, 0.1) is 5.92 Å². The Morgan fingerprint density at radius 1 is 1.20 bits per heavy atom. The second kappa shape index (κ2) is 4.53. The van der Waals surface area contributed by atoms with Gasteiger partial charge in [0.05, 0.1) is 5.92 Å². The van der Waals surface area contributed by atoms with Gasteiger partial charge in [-0.25, -0.2) is 0 Å². The van der Waals surface area contributed by atoms with Crippen molar-refractivity contribution >= 4 is 11.8 Å². The number of hydrogen-bond acceptors (Lipinski definition) is 2. The van der Waals surface area contributed by atoms with Crippen LogP contribution < -0.4 is 5.32 Å². The van der Waals surface area contributed by atoms with Crippen LogP contribution in [0.2, 0.25) is 0 Å². The highest BCUT2D eigenvalue weighted by Crippen LogP contribution is 2.41. The van der Waals surface area contributed by atoms with Crippen LogP contribution in [0.4, 0.5) is 13.2 Å². The third-order valence-corrected chi connectivity index (χ3v) is 4.79. The standard InChI is InChI=1S/C10H16F3NS/c11-10(12,13)7-2-3-8-9(6-7)15-5-1-4-14-8/h7-9,14H,1-6H2. The van der Waals surface area contributed by atoms with Gasteiger partial charge in [0.2, 0.25) is 0 Å². The monoisotopic (exact) mass is 239 g/mol. The summed E-state index contributed by atoms with van der Waals surface area (Å²) in [6, 6.07) is 0.316. The molecular weight excluding hydrogens is 223 g/mol. The zero-order valence-electron chi connectivity index (χ0n) is 8.52. The molecule has 2 fully saturated rings. The summed E-state index contributed by atoms with van der Waals surface area (Å²) >= 11 is 1.73. The van der Waals surface area contributed by atoms with Crippen LogP contribution >= 0.6 is 11.8 Å². The average Bonchev–Trinajstić information content (AvgIpc) is 2.39. The fourth-order valence-electron chi connectivity index (χ4n) is 2.44. The molecule has 0 amide bonds. The van der Waals surface area contributed by atoms with Gasteiger partial charge in [-0.15, -0.1) is 0 Å². The van der Waals surface area contributed by atoms with Crippen molar-refractivity contribution in [2.24, 2.45) is 5.92 Å². The van der Waals surface area contributed by atoms with E-state index < -0.39 is 12.1 Å². The molecule has 5 heteroatoms. The highest BCUT2D eigenvalue weighted by molar-refractivity contribution is 7.99. The average molecular weight is 239 g/mol.